The van der Waals surface area contributed by atoms with Gasteiger partial charge in [0.1, 0.15) is 6.04 Å². The first-order valence-corrected chi connectivity index (χ1v) is 11.9. The van der Waals surface area contributed by atoms with E-state index in [1.807, 2.05) is 0 Å². The summed E-state index contributed by atoms with van der Waals surface area (Å²) < 4.78 is 0. The van der Waals surface area contributed by atoms with E-state index in [-0.39, 0.29) is 12.3 Å². The van der Waals surface area contributed by atoms with E-state index in [0.29, 0.717) is 6.42 Å². The van der Waals surface area contributed by atoms with Crippen molar-refractivity contribution < 1.29 is 19.5 Å². The molecule has 0 spiro atoms. The molecular weight excluding hydrogens is 404 g/mol. The Morgan fingerprint density at radius 3 is 1.75 bits per heavy atom. The number of carboxylic acids is 1. The van der Waals surface area contributed by atoms with Gasteiger partial charge >= 0.3 is 5.97 Å². The molecule has 0 fully saturated rings. The van der Waals surface area contributed by atoms with Crippen molar-refractivity contribution in [1.29, 1.82) is 0 Å². The molecule has 0 aromatic heterocycles. The molecule has 0 aromatic carbocycles. The number of hydrogen-bond acceptors (Lipinski definition) is 3. The second kappa shape index (κ2) is 21.6. The van der Waals surface area contributed by atoms with Crippen LogP contribution in [-0.2, 0) is 14.4 Å². The van der Waals surface area contributed by atoms with Gasteiger partial charge in [0.05, 0.1) is 6.42 Å². The van der Waals surface area contributed by atoms with Crippen LogP contribution in [-0.4, -0.2) is 28.9 Å². The average Bonchev–Trinajstić information content (AvgIpc) is 2.74. The lowest BCUT2D eigenvalue weighted by molar-refractivity contribution is -0.143. The molecule has 0 bridgehead atoms. The van der Waals surface area contributed by atoms with Gasteiger partial charge < -0.3 is 16.2 Å². The lowest BCUT2D eigenvalue weighted by Crippen LogP contribution is -2.43. The number of unbranched alkanes of at least 4 members (excludes halogenated alkanes) is 6. The number of carbonyl (C=O) groups is 3. The van der Waals surface area contributed by atoms with Gasteiger partial charge in [0, 0.05) is 6.42 Å². The first-order chi connectivity index (χ1) is 15.5. The Kier molecular flexibility index (Phi) is 19.8. The van der Waals surface area contributed by atoms with Crippen LogP contribution in [0.2, 0.25) is 0 Å². The van der Waals surface area contributed by atoms with Gasteiger partial charge in [0.2, 0.25) is 11.8 Å². The third-order valence-electron chi connectivity index (χ3n) is 4.77. The lowest BCUT2D eigenvalue weighted by atomic mass is 10.1. The molecule has 0 unspecified atom stereocenters. The highest BCUT2D eigenvalue weighted by atomic mass is 16.4. The van der Waals surface area contributed by atoms with E-state index in [2.05, 4.69) is 60.8 Å². The summed E-state index contributed by atoms with van der Waals surface area (Å²) in [6, 6.07) is -1.25. The molecule has 0 heterocycles. The van der Waals surface area contributed by atoms with Crippen molar-refractivity contribution in [1.82, 2.24) is 5.32 Å². The Morgan fingerprint density at radius 1 is 0.781 bits per heavy atom. The number of rotatable bonds is 20. The van der Waals surface area contributed by atoms with Gasteiger partial charge in [-0.3, -0.25) is 9.59 Å². The molecule has 1 atom stereocenters. The molecular formula is C26H42N2O4. The van der Waals surface area contributed by atoms with Gasteiger partial charge in [-0.25, -0.2) is 4.79 Å². The monoisotopic (exact) mass is 446 g/mol. The third-order valence-corrected chi connectivity index (χ3v) is 4.77. The number of allylic oxidation sites excluding steroid dienone is 8. The Balaban J connectivity index is 3.66. The highest BCUT2D eigenvalue weighted by Gasteiger charge is 2.21. The van der Waals surface area contributed by atoms with Gasteiger partial charge in [-0.15, -0.1) is 0 Å². The van der Waals surface area contributed by atoms with E-state index in [4.69, 9.17) is 10.8 Å². The first kappa shape index (κ1) is 29.4. The van der Waals surface area contributed by atoms with Gasteiger partial charge in [-0.1, -0.05) is 74.8 Å². The molecule has 4 N–H and O–H groups in total. The quantitative estimate of drug-likeness (QED) is 0.173. The maximum atomic E-state index is 11.8. The smallest absolute Gasteiger partial charge is 0.326 e. The summed E-state index contributed by atoms with van der Waals surface area (Å²) in [4.78, 5) is 33.6. The number of primary amides is 1. The van der Waals surface area contributed by atoms with E-state index in [0.717, 1.165) is 38.5 Å². The molecule has 0 aliphatic heterocycles. The number of nitrogens with one attached hydrogen (secondary N) is 1. The molecule has 0 saturated carbocycles. The standard InChI is InChI=1S/C26H42N2O4/c1-2-3-4-5-6-7-8-9-10-11-12-13-14-15-16-17-18-19-20-21-25(30)28-23(26(31)32)22-24(27)29/h6-7,9-10,12-13,15-16,23H,2-5,8,11,14,17-22H2,1H3,(H2,27,29)(H,28,30)(H,31,32)/b7-6-,10-9-,13-12-,16-15-/t23-/m0/s1. The molecule has 6 heteroatoms. The summed E-state index contributed by atoms with van der Waals surface area (Å²) in [7, 11) is 0. The van der Waals surface area contributed by atoms with E-state index in [9.17, 15) is 14.4 Å². The molecule has 6 nitrogen and oxygen atoms in total. The van der Waals surface area contributed by atoms with Crippen LogP contribution in [0.1, 0.15) is 90.4 Å². The average molecular weight is 447 g/mol. The predicted molar refractivity (Wildman–Crippen MR) is 131 cm³/mol. The van der Waals surface area contributed by atoms with Crippen molar-refractivity contribution in [3.8, 4) is 0 Å². The van der Waals surface area contributed by atoms with Gasteiger partial charge in [0.25, 0.3) is 0 Å². The fourth-order valence-corrected chi connectivity index (χ4v) is 2.95. The lowest BCUT2D eigenvalue weighted by Gasteiger charge is -2.12. The van der Waals surface area contributed by atoms with Crippen molar-refractivity contribution >= 4 is 17.8 Å². The SMILES string of the molecule is CCCCC/C=C\C/C=C\C/C=C\C/C=C\CCCCCC(=O)N[C@@H](CC(N)=O)C(=O)O. The summed E-state index contributed by atoms with van der Waals surface area (Å²) in [6.45, 7) is 2.22. The van der Waals surface area contributed by atoms with Crippen molar-refractivity contribution in [2.75, 3.05) is 0 Å². The van der Waals surface area contributed by atoms with Crippen LogP contribution >= 0.6 is 0 Å². The van der Waals surface area contributed by atoms with E-state index < -0.39 is 24.3 Å². The summed E-state index contributed by atoms with van der Waals surface area (Å²) in [5, 5.41) is 11.3. The first-order valence-electron chi connectivity index (χ1n) is 11.9. The molecule has 180 valence electrons. The van der Waals surface area contributed by atoms with E-state index in [1.165, 1.54) is 25.7 Å². The predicted octanol–water partition coefficient (Wildman–Crippen LogP) is 5.36. The maximum absolute atomic E-state index is 11.8. The highest BCUT2D eigenvalue weighted by molar-refractivity contribution is 5.88. The zero-order valence-electron chi connectivity index (χ0n) is 19.6. The third kappa shape index (κ3) is 20.6. The number of aliphatic carboxylic acids is 1. The molecule has 0 radical (unpaired) electrons. The molecule has 32 heavy (non-hydrogen) atoms. The molecule has 0 rings (SSSR count). The Labute approximate surface area is 193 Å². The van der Waals surface area contributed by atoms with Crippen LogP contribution < -0.4 is 11.1 Å². The van der Waals surface area contributed by atoms with Crippen LogP contribution in [0.15, 0.2) is 48.6 Å². The Hall–Kier alpha value is -2.63. The molecule has 0 saturated heterocycles. The van der Waals surface area contributed by atoms with Gasteiger partial charge in [0.15, 0.2) is 0 Å². The summed E-state index contributed by atoms with van der Waals surface area (Å²) in [5.41, 5.74) is 4.99. The molecule has 2 amide bonds. The van der Waals surface area contributed by atoms with Crippen molar-refractivity contribution in [2.45, 2.75) is 96.4 Å². The normalized spacial score (nSPS) is 12.9. The van der Waals surface area contributed by atoms with Crippen molar-refractivity contribution in [2.24, 2.45) is 5.73 Å². The summed E-state index contributed by atoms with van der Waals surface area (Å²) in [5.74, 6) is -2.37. The van der Waals surface area contributed by atoms with Crippen molar-refractivity contribution in [3.63, 3.8) is 0 Å². The minimum atomic E-state index is -1.25. The van der Waals surface area contributed by atoms with Crippen LogP contribution in [0.5, 0.6) is 0 Å². The van der Waals surface area contributed by atoms with Gasteiger partial charge in [-0.2, -0.15) is 0 Å². The summed E-state index contributed by atoms with van der Waals surface area (Å²) in [6.07, 6.45) is 28.9. The van der Waals surface area contributed by atoms with Crippen LogP contribution in [0, 0.1) is 0 Å². The number of nitrogens with two attached hydrogens (primary N) is 1. The van der Waals surface area contributed by atoms with Crippen LogP contribution in [0.25, 0.3) is 0 Å². The van der Waals surface area contributed by atoms with E-state index >= 15 is 0 Å². The highest BCUT2D eigenvalue weighted by Crippen LogP contribution is 2.05. The minimum absolute atomic E-state index is 0.247. The molecule has 0 aliphatic carbocycles. The number of amides is 2. The van der Waals surface area contributed by atoms with Gasteiger partial charge in [-0.05, 0) is 51.4 Å². The maximum Gasteiger partial charge on any atom is 0.326 e. The fourth-order valence-electron chi connectivity index (χ4n) is 2.95. The summed E-state index contributed by atoms with van der Waals surface area (Å²) >= 11 is 0. The molecule has 0 aliphatic rings. The Morgan fingerprint density at radius 2 is 1.28 bits per heavy atom. The number of carboxylic acid groups (broad SMARTS) is 1. The Bertz CT molecular complexity index is 636. The number of carbonyl (C=O) groups excluding carboxylic acids is 2. The number of hydrogen-bond donors (Lipinski definition) is 3. The molecule has 0 aromatic rings. The van der Waals surface area contributed by atoms with Crippen LogP contribution in [0.4, 0.5) is 0 Å². The second-order valence-electron chi connectivity index (χ2n) is 7.82. The van der Waals surface area contributed by atoms with Crippen molar-refractivity contribution in [3.05, 3.63) is 48.6 Å². The van der Waals surface area contributed by atoms with Crippen LogP contribution in [0.3, 0.4) is 0 Å². The fraction of sp³-hybridized carbons (Fsp3) is 0.577. The zero-order valence-corrected chi connectivity index (χ0v) is 19.6. The largest absolute Gasteiger partial charge is 0.480 e. The minimum Gasteiger partial charge on any atom is -0.480 e. The zero-order chi connectivity index (χ0) is 23.9. The van der Waals surface area contributed by atoms with E-state index in [1.54, 1.807) is 0 Å². The topological polar surface area (TPSA) is 109 Å². The second-order valence-corrected chi connectivity index (χ2v) is 7.82.